The minimum atomic E-state index is 0.312. The molecule has 15 heavy (non-hydrogen) atoms. The minimum Gasteiger partial charge on any atom is -0.311 e. The summed E-state index contributed by atoms with van der Waals surface area (Å²) in [5.41, 5.74) is 2.77. The van der Waals surface area contributed by atoms with E-state index in [0.717, 1.165) is 31.7 Å². The molecule has 0 aromatic carbocycles. The van der Waals surface area contributed by atoms with Gasteiger partial charge in [-0.3, -0.25) is 0 Å². The van der Waals surface area contributed by atoms with E-state index in [-0.39, 0.29) is 0 Å². The first-order valence-corrected chi connectivity index (χ1v) is 5.74. The Morgan fingerprint density at radius 2 is 2.27 bits per heavy atom. The molecule has 0 saturated carbocycles. The average molecular weight is 208 g/mol. The van der Waals surface area contributed by atoms with E-state index >= 15 is 0 Å². The summed E-state index contributed by atoms with van der Waals surface area (Å²) in [4.78, 5) is 0. The van der Waals surface area contributed by atoms with Crippen LogP contribution in [-0.4, -0.2) is 21.5 Å². The van der Waals surface area contributed by atoms with E-state index in [2.05, 4.69) is 41.1 Å². The second-order valence-electron chi connectivity index (χ2n) is 5.09. The molecule has 1 aromatic heterocycles. The van der Waals surface area contributed by atoms with Crippen molar-refractivity contribution in [1.29, 1.82) is 0 Å². The number of aromatic nitrogens is 3. The molecular formula is C11H20N4. The van der Waals surface area contributed by atoms with Gasteiger partial charge in [-0.2, -0.15) is 0 Å². The van der Waals surface area contributed by atoms with Crippen LogP contribution < -0.4 is 5.32 Å². The predicted molar refractivity (Wildman–Crippen MR) is 59.5 cm³/mol. The maximum absolute atomic E-state index is 4.26. The van der Waals surface area contributed by atoms with Crippen molar-refractivity contribution >= 4 is 0 Å². The Balaban J connectivity index is 2.19. The molecule has 0 spiro atoms. The molecule has 0 atom stereocenters. The average Bonchev–Trinajstić information content (AvgIpc) is 2.62. The Labute approximate surface area is 91.1 Å². The van der Waals surface area contributed by atoms with Gasteiger partial charge in [-0.15, -0.1) is 5.10 Å². The lowest BCUT2D eigenvalue weighted by atomic mass is 9.90. The molecule has 2 rings (SSSR count). The lowest BCUT2D eigenvalue weighted by molar-refractivity contribution is 0.272. The van der Waals surface area contributed by atoms with Gasteiger partial charge in [0.15, 0.2) is 0 Å². The van der Waals surface area contributed by atoms with Crippen LogP contribution in [0.3, 0.4) is 0 Å². The zero-order valence-corrected chi connectivity index (χ0v) is 9.88. The van der Waals surface area contributed by atoms with Crippen LogP contribution in [0, 0.1) is 5.41 Å². The van der Waals surface area contributed by atoms with E-state index in [0.29, 0.717) is 5.41 Å². The fourth-order valence-corrected chi connectivity index (χ4v) is 1.84. The van der Waals surface area contributed by atoms with E-state index in [9.17, 15) is 0 Å². The third-order valence-corrected chi connectivity index (χ3v) is 3.28. The number of rotatable bonds is 3. The number of nitrogens with one attached hydrogen (secondary N) is 1. The molecule has 0 fully saturated rings. The first-order valence-electron chi connectivity index (χ1n) is 5.74. The van der Waals surface area contributed by atoms with Gasteiger partial charge in [0.1, 0.15) is 0 Å². The zero-order valence-electron chi connectivity index (χ0n) is 9.88. The molecule has 0 saturated heterocycles. The molecule has 0 bridgehead atoms. The van der Waals surface area contributed by atoms with Crippen LogP contribution in [0.25, 0.3) is 0 Å². The Hall–Kier alpha value is -0.900. The molecule has 1 aliphatic heterocycles. The monoisotopic (exact) mass is 208 g/mol. The van der Waals surface area contributed by atoms with Gasteiger partial charge in [-0.1, -0.05) is 26.0 Å². The molecule has 0 amide bonds. The van der Waals surface area contributed by atoms with Gasteiger partial charge in [0.05, 0.1) is 11.4 Å². The topological polar surface area (TPSA) is 42.7 Å². The minimum absolute atomic E-state index is 0.312. The zero-order chi connectivity index (χ0) is 10.9. The lowest BCUT2D eigenvalue weighted by Gasteiger charge is -2.24. The molecule has 84 valence electrons. The van der Waals surface area contributed by atoms with E-state index in [1.54, 1.807) is 0 Å². The Morgan fingerprint density at radius 1 is 1.47 bits per heavy atom. The number of fused-ring (bicyclic) bond motifs is 1. The van der Waals surface area contributed by atoms with Gasteiger partial charge in [0.25, 0.3) is 0 Å². The SMILES string of the molecule is CCC(C)(C)Cn1nnc2c1CCNC2. The standard InChI is InChI=1S/C11H20N4/c1-4-11(2,3)8-15-10-5-6-12-7-9(10)13-14-15/h12H,4-8H2,1-3H3. The van der Waals surface area contributed by atoms with E-state index < -0.39 is 0 Å². The van der Waals surface area contributed by atoms with Gasteiger partial charge in [-0.05, 0) is 11.8 Å². The maximum Gasteiger partial charge on any atom is 0.0997 e. The smallest absolute Gasteiger partial charge is 0.0997 e. The highest BCUT2D eigenvalue weighted by Gasteiger charge is 2.22. The first kappa shape index (κ1) is 10.6. The Bertz CT molecular complexity index is 340. The van der Waals surface area contributed by atoms with E-state index in [1.807, 2.05) is 0 Å². The summed E-state index contributed by atoms with van der Waals surface area (Å²) in [6.07, 6.45) is 2.22. The summed E-state index contributed by atoms with van der Waals surface area (Å²) in [6, 6.07) is 0. The van der Waals surface area contributed by atoms with E-state index in [1.165, 1.54) is 12.1 Å². The van der Waals surface area contributed by atoms with Crippen molar-refractivity contribution < 1.29 is 0 Å². The normalized spacial score (nSPS) is 16.5. The van der Waals surface area contributed by atoms with Gasteiger partial charge >= 0.3 is 0 Å². The molecular weight excluding hydrogens is 188 g/mol. The third-order valence-electron chi connectivity index (χ3n) is 3.28. The van der Waals surface area contributed by atoms with Crippen molar-refractivity contribution in [3.8, 4) is 0 Å². The highest BCUT2D eigenvalue weighted by Crippen LogP contribution is 2.23. The van der Waals surface area contributed by atoms with Gasteiger partial charge in [0, 0.05) is 26.1 Å². The van der Waals surface area contributed by atoms with Gasteiger partial charge in [0.2, 0.25) is 0 Å². The van der Waals surface area contributed by atoms with Crippen LogP contribution >= 0.6 is 0 Å². The molecule has 1 aliphatic rings. The van der Waals surface area contributed by atoms with Gasteiger partial charge < -0.3 is 5.32 Å². The molecule has 4 nitrogen and oxygen atoms in total. The third kappa shape index (κ3) is 2.20. The van der Waals surface area contributed by atoms with Crippen molar-refractivity contribution in [2.24, 2.45) is 5.41 Å². The molecule has 0 radical (unpaired) electrons. The number of hydrogen-bond donors (Lipinski definition) is 1. The predicted octanol–water partition coefficient (Wildman–Crippen LogP) is 1.36. The highest BCUT2D eigenvalue weighted by molar-refractivity contribution is 5.13. The summed E-state index contributed by atoms with van der Waals surface area (Å²) in [5.74, 6) is 0. The van der Waals surface area contributed by atoms with Crippen molar-refractivity contribution in [1.82, 2.24) is 20.3 Å². The summed E-state index contributed by atoms with van der Waals surface area (Å²) in [6.45, 7) is 9.69. The molecule has 1 N–H and O–H groups in total. The molecule has 0 unspecified atom stereocenters. The molecule has 4 heteroatoms. The number of hydrogen-bond acceptors (Lipinski definition) is 3. The van der Waals surface area contributed by atoms with Crippen molar-refractivity contribution in [3.63, 3.8) is 0 Å². The van der Waals surface area contributed by atoms with Crippen LogP contribution in [0.2, 0.25) is 0 Å². The summed E-state index contributed by atoms with van der Waals surface area (Å²) < 4.78 is 2.10. The number of nitrogens with zero attached hydrogens (tertiary/aromatic N) is 3. The second-order valence-corrected chi connectivity index (χ2v) is 5.09. The fraction of sp³-hybridized carbons (Fsp3) is 0.818. The van der Waals surface area contributed by atoms with Crippen LogP contribution in [0.15, 0.2) is 0 Å². The van der Waals surface area contributed by atoms with Crippen LogP contribution in [0.5, 0.6) is 0 Å². The van der Waals surface area contributed by atoms with Crippen molar-refractivity contribution in [2.45, 2.75) is 46.7 Å². The second kappa shape index (κ2) is 3.93. The highest BCUT2D eigenvalue weighted by atomic mass is 15.4. The lowest BCUT2D eigenvalue weighted by Crippen LogP contribution is -2.27. The quantitative estimate of drug-likeness (QED) is 0.815. The van der Waals surface area contributed by atoms with Crippen LogP contribution in [-0.2, 0) is 19.5 Å². The van der Waals surface area contributed by atoms with Crippen LogP contribution in [0.4, 0.5) is 0 Å². The van der Waals surface area contributed by atoms with Crippen molar-refractivity contribution in [3.05, 3.63) is 11.4 Å². The molecule has 2 heterocycles. The maximum atomic E-state index is 4.26. The summed E-state index contributed by atoms with van der Waals surface area (Å²) >= 11 is 0. The first-order chi connectivity index (χ1) is 7.12. The summed E-state index contributed by atoms with van der Waals surface area (Å²) in [5, 5.41) is 11.8. The van der Waals surface area contributed by atoms with Crippen molar-refractivity contribution in [2.75, 3.05) is 6.54 Å². The van der Waals surface area contributed by atoms with E-state index in [4.69, 9.17) is 0 Å². The summed E-state index contributed by atoms with van der Waals surface area (Å²) in [7, 11) is 0. The van der Waals surface area contributed by atoms with Crippen LogP contribution in [0.1, 0.15) is 38.6 Å². The largest absolute Gasteiger partial charge is 0.311 e. The molecule has 0 aliphatic carbocycles. The van der Waals surface area contributed by atoms with Gasteiger partial charge in [-0.25, -0.2) is 4.68 Å². The Kier molecular flexibility index (Phi) is 2.78. The Morgan fingerprint density at radius 3 is 3.00 bits per heavy atom. The fourth-order valence-electron chi connectivity index (χ4n) is 1.84. The molecule has 1 aromatic rings.